The van der Waals surface area contributed by atoms with E-state index in [0.717, 1.165) is 6.42 Å². The molecule has 0 saturated heterocycles. The van der Waals surface area contributed by atoms with Crippen molar-refractivity contribution in [3.05, 3.63) is 70.4 Å². The predicted molar refractivity (Wildman–Crippen MR) is 77.9 cm³/mol. The first kappa shape index (κ1) is 10.2. The second-order valence-electron chi connectivity index (χ2n) is 4.58. The van der Waals surface area contributed by atoms with Gasteiger partial charge in [-0.3, -0.25) is 0 Å². The lowest BCUT2D eigenvalue weighted by Crippen LogP contribution is -2.04. The van der Waals surface area contributed by atoms with Gasteiger partial charge in [0.2, 0.25) is 0 Å². The van der Waals surface area contributed by atoms with E-state index < -0.39 is 0 Å². The van der Waals surface area contributed by atoms with Crippen LogP contribution in [0.1, 0.15) is 10.4 Å². The first-order valence-electron chi connectivity index (χ1n) is 6.09. The Labute approximate surface area is 110 Å². The number of fused-ring (bicyclic) bond motifs is 3. The summed E-state index contributed by atoms with van der Waals surface area (Å²) in [5.41, 5.74) is 2.69. The van der Waals surface area contributed by atoms with Crippen molar-refractivity contribution in [3.63, 3.8) is 0 Å². The highest BCUT2D eigenvalue weighted by molar-refractivity contribution is 7.10. The van der Waals surface area contributed by atoms with E-state index in [9.17, 15) is 0 Å². The minimum Gasteiger partial charge on any atom is -0.371 e. The van der Waals surface area contributed by atoms with Crippen molar-refractivity contribution >= 4 is 27.8 Å². The van der Waals surface area contributed by atoms with Crippen molar-refractivity contribution in [1.29, 1.82) is 0 Å². The zero-order chi connectivity index (χ0) is 11.9. The van der Waals surface area contributed by atoms with Gasteiger partial charge in [-0.1, -0.05) is 42.5 Å². The number of nitrogens with one attached hydrogen (secondary N) is 1. The molecule has 1 aliphatic rings. The van der Waals surface area contributed by atoms with Crippen LogP contribution in [-0.2, 0) is 6.42 Å². The van der Waals surface area contributed by atoms with Crippen LogP contribution in [0.25, 0.3) is 10.8 Å². The number of hydrogen-bond acceptors (Lipinski definition) is 2. The van der Waals surface area contributed by atoms with E-state index in [2.05, 4.69) is 59.2 Å². The molecule has 1 aliphatic heterocycles. The Morgan fingerprint density at radius 2 is 1.89 bits per heavy atom. The molecule has 0 spiro atoms. The van der Waals surface area contributed by atoms with Gasteiger partial charge in [0.15, 0.2) is 0 Å². The maximum Gasteiger partial charge on any atom is 0.104 e. The van der Waals surface area contributed by atoms with Crippen LogP contribution in [0.15, 0.2) is 53.9 Å². The monoisotopic (exact) mass is 250 g/mol. The van der Waals surface area contributed by atoms with Gasteiger partial charge in [0.05, 0.1) is 0 Å². The van der Waals surface area contributed by atoms with Gasteiger partial charge in [0, 0.05) is 22.4 Å². The summed E-state index contributed by atoms with van der Waals surface area (Å²) in [6.45, 7) is 0. The average molecular weight is 250 g/mol. The van der Waals surface area contributed by atoms with Crippen LogP contribution >= 0.6 is 11.3 Å². The molecular weight excluding hydrogens is 238 g/mol. The average Bonchev–Trinajstić information content (AvgIpc) is 3.07. The summed E-state index contributed by atoms with van der Waals surface area (Å²) in [6, 6.07) is 18.6. The lowest BCUT2D eigenvalue weighted by Gasteiger charge is -2.08. The highest BCUT2D eigenvalue weighted by atomic mass is 32.1. The lowest BCUT2D eigenvalue weighted by atomic mass is 10.0. The molecule has 1 N–H and O–H groups in total. The molecule has 0 fully saturated rings. The van der Waals surface area contributed by atoms with Gasteiger partial charge < -0.3 is 5.32 Å². The molecule has 2 heteroatoms. The first-order valence-corrected chi connectivity index (χ1v) is 6.97. The minimum absolute atomic E-state index is 1.01. The zero-order valence-electron chi connectivity index (χ0n) is 9.81. The highest BCUT2D eigenvalue weighted by Crippen LogP contribution is 2.39. The summed E-state index contributed by atoms with van der Waals surface area (Å²) in [5.74, 6) is 0. The number of hydrogen-bond donors (Lipinski definition) is 1. The molecule has 0 amide bonds. The second-order valence-corrected chi connectivity index (χ2v) is 5.53. The third-order valence-electron chi connectivity index (χ3n) is 3.48. The van der Waals surface area contributed by atoms with Crippen LogP contribution in [0.3, 0.4) is 0 Å². The Morgan fingerprint density at radius 3 is 2.78 bits per heavy atom. The van der Waals surface area contributed by atoms with E-state index in [1.165, 1.54) is 32.9 Å². The topological polar surface area (TPSA) is 12.0 Å². The minimum atomic E-state index is 1.01. The molecule has 3 aromatic rings. The summed E-state index contributed by atoms with van der Waals surface area (Å²) >= 11 is 1.80. The zero-order valence-corrected chi connectivity index (χ0v) is 10.6. The molecule has 4 rings (SSSR count). The number of rotatable bonds is 1. The van der Waals surface area contributed by atoms with Gasteiger partial charge in [-0.25, -0.2) is 0 Å². The Bertz CT molecular complexity index is 700. The molecule has 0 saturated carbocycles. The summed E-state index contributed by atoms with van der Waals surface area (Å²) in [7, 11) is 0. The van der Waals surface area contributed by atoms with Crippen LogP contribution in [0.5, 0.6) is 0 Å². The van der Waals surface area contributed by atoms with Crippen LogP contribution in [0.2, 0.25) is 0 Å². The van der Waals surface area contributed by atoms with Crippen LogP contribution in [0.4, 0.5) is 5.69 Å². The summed E-state index contributed by atoms with van der Waals surface area (Å²) in [4.78, 5) is 1.34. The number of anilines is 1. The van der Waals surface area contributed by atoms with Crippen molar-refractivity contribution in [3.8, 4) is 0 Å². The van der Waals surface area contributed by atoms with Crippen molar-refractivity contribution in [2.24, 2.45) is 0 Å². The highest BCUT2D eigenvalue weighted by Gasteiger charge is 2.24. The molecule has 0 unspecified atom stereocenters. The fourth-order valence-electron chi connectivity index (χ4n) is 2.60. The van der Waals surface area contributed by atoms with Gasteiger partial charge in [-0.15, -0.1) is 11.3 Å². The molecule has 1 radical (unpaired) electrons. The molecule has 18 heavy (non-hydrogen) atoms. The quantitative estimate of drug-likeness (QED) is 0.673. The predicted octanol–water partition coefficient (Wildman–Crippen LogP) is 4.45. The fourth-order valence-corrected chi connectivity index (χ4v) is 3.32. The van der Waals surface area contributed by atoms with Crippen LogP contribution in [-0.4, -0.2) is 0 Å². The van der Waals surface area contributed by atoms with E-state index >= 15 is 0 Å². The molecule has 2 heterocycles. The Morgan fingerprint density at radius 1 is 0.944 bits per heavy atom. The van der Waals surface area contributed by atoms with Gasteiger partial charge in [0.25, 0.3) is 0 Å². The first-order chi connectivity index (χ1) is 8.92. The summed E-state index contributed by atoms with van der Waals surface area (Å²) < 4.78 is 0. The Hall–Kier alpha value is -1.80. The lowest BCUT2D eigenvalue weighted by molar-refractivity contribution is 1.10. The van der Waals surface area contributed by atoms with E-state index in [-0.39, 0.29) is 0 Å². The number of thiophene rings is 1. The van der Waals surface area contributed by atoms with Gasteiger partial charge in [0.1, 0.15) is 6.04 Å². The van der Waals surface area contributed by atoms with Gasteiger partial charge >= 0.3 is 0 Å². The normalized spacial score (nSPS) is 14.7. The van der Waals surface area contributed by atoms with Crippen molar-refractivity contribution in [2.75, 3.05) is 5.32 Å². The molecule has 0 aliphatic carbocycles. The Kier molecular flexibility index (Phi) is 2.17. The third-order valence-corrected chi connectivity index (χ3v) is 4.41. The van der Waals surface area contributed by atoms with Crippen molar-refractivity contribution in [2.45, 2.75) is 6.42 Å². The smallest absolute Gasteiger partial charge is 0.104 e. The van der Waals surface area contributed by atoms with E-state index in [1.807, 2.05) is 0 Å². The molecule has 2 aromatic carbocycles. The van der Waals surface area contributed by atoms with E-state index in [4.69, 9.17) is 0 Å². The molecule has 1 nitrogen and oxygen atoms in total. The maximum absolute atomic E-state index is 3.61. The maximum atomic E-state index is 3.61. The standard InChI is InChI=1S/C16H12NS/c1-2-5-13-11(4-1)7-8-12-10-14(17-16(12)13)15-6-3-9-18-15/h1-9,17H,10H2. The SMILES string of the molecule is c1csc([C]2Cc3ccc4ccccc4c3N2)c1. The number of benzene rings is 2. The fraction of sp³-hybridized carbons (Fsp3) is 0.0625. The van der Waals surface area contributed by atoms with E-state index in [1.54, 1.807) is 11.3 Å². The van der Waals surface area contributed by atoms with Gasteiger partial charge in [-0.2, -0.15) is 0 Å². The van der Waals surface area contributed by atoms with Crippen molar-refractivity contribution < 1.29 is 0 Å². The summed E-state index contributed by atoms with van der Waals surface area (Å²) in [5, 5.41) is 8.36. The third kappa shape index (κ3) is 1.46. The van der Waals surface area contributed by atoms with Gasteiger partial charge in [-0.05, 0) is 22.4 Å². The second kappa shape index (κ2) is 3.85. The molecule has 1 aromatic heterocycles. The Balaban J connectivity index is 1.83. The molecular formula is C16H12NS. The van der Waals surface area contributed by atoms with Crippen LogP contribution in [0, 0.1) is 6.04 Å². The molecule has 0 atom stereocenters. The molecule has 0 bridgehead atoms. The summed E-state index contributed by atoms with van der Waals surface area (Å²) in [6.07, 6.45) is 1.01. The van der Waals surface area contributed by atoms with Crippen LogP contribution < -0.4 is 5.32 Å². The van der Waals surface area contributed by atoms with Crippen molar-refractivity contribution in [1.82, 2.24) is 0 Å². The largest absolute Gasteiger partial charge is 0.371 e. The van der Waals surface area contributed by atoms with E-state index in [0.29, 0.717) is 0 Å². The molecule has 87 valence electrons.